The van der Waals surface area contributed by atoms with E-state index in [1.165, 1.54) is 22.1 Å². The Bertz CT molecular complexity index is 429. The van der Waals surface area contributed by atoms with Crippen molar-refractivity contribution in [2.45, 2.75) is 66.0 Å². The lowest BCUT2D eigenvalue weighted by Crippen LogP contribution is -2.26. The Balaban J connectivity index is 2.23. The molecule has 4 heteroatoms. The van der Waals surface area contributed by atoms with Gasteiger partial charge in [0.05, 0.1) is 5.69 Å². The van der Waals surface area contributed by atoms with Crippen LogP contribution in [0.4, 0.5) is 5.13 Å². The fourth-order valence-corrected chi connectivity index (χ4v) is 4.25. The second-order valence-electron chi connectivity index (χ2n) is 6.24. The molecule has 1 aliphatic heterocycles. The molecule has 3 unspecified atom stereocenters. The van der Waals surface area contributed by atoms with Crippen LogP contribution in [0.2, 0.25) is 0 Å². The van der Waals surface area contributed by atoms with Crippen LogP contribution in [0, 0.1) is 5.92 Å². The van der Waals surface area contributed by atoms with Gasteiger partial charge in [-0.15, -0.1) is 11.3 Å². The highest BCUT2D eigenvalue weighted by Crippen LogP contribution is 2.36. The molecule has 0 bridgehead atoms. The van der Waals surface area contributed by atoms with Gasteiger partial charge in [-0.1, -0.05) is 27.7 Å². The zero-order valence-electron chi connectivity index (χ0n) is 13.6. The summed E-state index contributed by atoms with van der Waals surface area (Å²) in [5.74, 6) is 1.35. The molecule has 3 nitrogen and oxygen atoms in total. The summed E-state index contributed by atoms with van der Waals surface area (Å²) in [4.78, 5) is 8.95. The third-order valence-corrected chi connectivity index (χ3v) is 5.47. The van der Waals surface area contributed by atoms with Gasteiger partial charge < -0.3 is 10.2 Å². The second kappa shape index (κ2) is 6.90. The lowest BCUT2D eigenvalue weighted by molar-refractivity contribution is 0.625. The van der Waals surface area contributed by atoms with Crippen LogP contribution in [0.25, 0.3) is 0 Å². The highest BCUT2D eigenvalue weighted by molar-refractivity contribution is 7.15. The molecule has 1 aromatic heterocycles. The molecule has 0 saturated carbocycles. The molecule has 1 saturated heterocycles. The third kappa shape index (κ3) is 3.34. The van der Waals surface area contributed by atoms with E-state index in [0.717, 1.165) is 32.0 Å². The Hall–Kier alpha value is -0.610. The van der Waals surface area contributed by atoms with Crippen LogP contribution in [0.15, 0.2) is 0 Å². The lowest BCUT2D eigenvalue weighted by atomic mass is 10.0. The van der Waals surface area contributed by atoms with Gasteiger partial charge in [0, 0.05) is 24.0 Å². The number of rotatable bonds is 6. The average molecular weight is 295 g/mol. The van der Waals surface area contributed by atoms with E-state index in [1.54, 1.807) is 0 Å². The summed E-state index contributed by atoms with van der Waals surface area (Å²) in [6.45, 7) is 14.5. The van der Waals surface area contributed by atoms with Crippen molar-refractivity contribution in [1.29, 1.82) is 0 Å². The molecule has 0 amide bonds. The first-order chi connectivity index (χ1) is 9.56. The highest BCUT2D eigenvalue weighted by atomic mass is 32.1. The Labute approximate surface area is 127 Å². The van der Waals surface area contributed by atoms with Crippen LogP contribution in [0.3, 0.4) is 0 Å². The fourth-order valence-electron chi connectivity index (χ4n) is 2.98. The van der Waals surface area contributed by atoms with Crippen molar-refractivity contribution < 1.29 is 0 Å². The molecule has 0 aliphatic carbocycles. The van der Waals surface area contributed by atoms with E-state index in [0.29, 0.717) is 12.0 Å². The normalized spacial score (nSPS) is 24.4. The summed E-state index contributed by atoms with van der Waals surface area (Å²) in [5.41, 5.74) is 1.32. The maximum absolute atomic E-state index is 5.01. The maximum Gasteiger partial charge on any atom is 0.186 e. The van der Waals surface area contributed by atoms with Crippen LogP contribution in [0.5, 0.6) is 0 Å². The van der Waals surface area contributed by atoms with Crippen molar-refractivity contribution >= 4 is 16.5 Å². The standard InChI is InChI=1S/C16H29N3S/c1-6-12(4)15-14(9-17-7-2)20-16(18-15)19-10-11(3)8-13(19)5/h11-13,17H,6-10H2,1-5H3. The maximum atomic E-state index is 5.01. The predicted octanol–water partition coefficient (Wildman–Crippen LogP) is 4.00. The van der Waals surface area contributed by atoms with Crippen LogP contribution in [0.1, 0.15) is 63.9 Å². The number of hydrogen-bond donors (Lipinski definition) is 1. The number of thiazole rings is 1. The number of hydrogen-bond acceptors (Lipinski definition) is 4. The quantitative estimate of drug-likeness (QED) is 0.860. The van der Waals surface area contributed by atoms with E-state index in [-0.39, 0.29) is 0 Å². The monoisotopic (exact) mass is 295 g/mol. The smallest absolute Gasteiger partial charge is 0.186 e. The van der Waals surface area contributed by atoms with Gasteiger partial charge in [-0.2, -0.15) is 0 Å². The molecule has 2 heterocycles. The van der Waals surface area contributed by atoms with E-state index >= 15 is 0 Å². The molecule has 0 aromatic carbocycles. The van der Waals surface area contributed by atoms with Gasteiger partial charge in [-0.3, -0.25) is 0 Å². The van der Waals surface area contributed by atoms with Gasteiger partial charge in [0.1, 0.15) is 0 Å². The van der Waals surface area contributed by atoms with Crippen molar-refractivity contribution in [3.8, 4) is 0 Å². The molecular weight excluding hydrogens is 266 g/mol. The number of nitrogens with zero attached hydrogens (tertiary/aromatic N) is 2. The molecule has 1 N–H and O–H groups in total. The van der Waals surface area contributed by atoms with Gasteiger partial charge in [-0.25, -0.2) is 4.98 Å². The van der Waals surface area contributed by atoms with Crippen molar-refractivity contribution in [3.63, 3.8) is 0 Å². The third-order valence-electron chi connectivity index (χ3n) is 4.36. The zero-order valence-corrected chi connectivity index (χ0v) is 14.4. The molecule has 0 radical (unpaired) electrons. The molecule has 1 fully saturated rings. The molecule has 2 rings (SSSR count). The second-order valence-corrected chi connectivity index (χ2v) is 7.30. The topological polar surface area (TPSA) is 28.2 Å². The van der Waals surface area contributed by atoms with Gasteiger partial charge >= 0.3 is 0 Å². The van der Waals surface area contributed by atoms with Gasteiger partial charge in [0.15, 0.2) is 5.13 Å². The minimum atomic E-state index is 0.559. The molecule has 0 spiro atoms. The van der Waals surface area contributed by atoms with E-state index in [2.05, 4.69) is 44.8 Å². The SMILES string of the molecule is CCNCc1sc(N2CC(C)CC2C)nc1C(C)CC. The summed E-state index contributed by atoms with van der Waals surface area (Å²) in [5, 5.41) is 4.70. The van der Waals surface area contributed by atoms with Crippen molar-refractivity contribution in [1.82, 2.24) is 10.3 Å². The Morgan fingerprint density at radius 1 is 1.40 bits per heavy atom. The summed E-state index contributed by atoms with van der Waals surface area (Å²) in [7, 11) is 0. The van der Waals surface area contributed by atoms with E-state index in [1.807, 2.05) is 11.3 Å². The Morgan fingerprint density at radius 3 is 2.70 bits per heavy atom. The number of anilines is 1. The van der Waals surface area contributed by atoms with Gasteiger partial charge in [0.25, 0.3) is 0 Å². The molecule has 1 aromatic rings. The van der Waals surface area contributed by atoms with E-state index in [4.69, 9.17) is 4.98 Å². The molecule has 114 valence electrons. The zero-order chi connectivity index (χ0) is 14.7. The van der Waals surface area contributed by atoms with Crippen LogP contribution >= 0.6 is 11.3 Å². The summed E-state index contributed by atoms with van der Waals surface area (Å²) in [6, 6.07) is 0.632. The van der Waals surface area contributed by atoms with Crippen molar-refractivity contribution in [2.75, 3.05) is 18.0 Å². The van der Waals surface area contributed by atoms with E-state index < -0.39 is 0 Å². The molecule has 1 aliphatic rings. The summed E-state index contributed by atoms with van der Waals surface area (Å²) < 4.78 is 0. The molecule has 3 atom stereocenters. The number of nitrogens with one attached hydrogen (secondary N) is 1. The first kappa shape index (κ1) is 15.8. The first-order valence-electron chi connectivity index (χ1n) is 8.03. The summed E-state index contributed by atoms with van der Waals surface area (Å²) >= 11 is 1.90. The van der Waals surface area contributed by atoms with Gasteiger partial charge in [0.2, 0.25) is 0 Å². The molecule has 20 heavy (non-hydrogen) atoms. The van der Waals surface area contributed by atoms with Crippen molar-refractivity contribution in [3.05, 3.63) is 10.6 Å². The highest BCUT2D eigenvalue weighted by Gasteiger charge is 2.29. The van der Waals surface area contributed by atoms with Crippen LogP contribution in [-0.4, -0.2) is 24.1 Å². The van der Waals surface area contributed by atoms with Crippen LogP contribution < -0.4 is 10.2 Å². The van der Waals surface area contributed by atoms with Gasteiger partial charge in [-0.05, 0) is 38.1 Å². The van der Waals surface area contributed by atoms with E-state index in [9.17, 15) is 0 Å². The minimum Gasteiger partial charge on any atom is -0.345 e. The first-order valence-corrected chi connectivity index (χ1v) is 8.85. The largest absolute Gasteiger partial charge is 0.345 e. The molecular formula is C16H29N3S. The Kier molecular flexibility index (Phi) is 5.44. The van der Waals surface area contributed by atoms with Crippen LogP contribution in [-0.2, 0) is 6.54 Å². The number of aromatic nitrogens is 1. The summed E-state index contributed by atoms with van der Waals surface area (Å²) in [6.07, 6.45) is 2.45. The van der Waals surface area contributed by atoms with Crippen molar-refractivity contribution in [2.24, 2.45) is 5.92 Å². The predicted molar refractivity (Wildman–Crippen MR) is 88.8 cm³/mol. The lowest BCUT2D eigenvalue weighted by Gasteiger charge is -2.20. The minimum absolute atomic E-state index is 0.559. The Morgan fingerprint density at radius 2 is 2.15 bits per heavy atom. The fraction of sp³-hybridized carbons (Fsp3) is 0.812. The average Bonchev–Trinajstić information content (AvgIpc) is 2.98.